The van der Waals surface area contributed by atoms with E-state index in [4.69, 9.17) is 10.00 Å². The molecule has 2 aliphatic rings. The van der Waals surface area contributed by atoms with Gasteiger partial charge in [-0.2, -0.15) is 10.4 Å². The summed E-state index contributed by atoms with van der Waals surface area (Å²) in [4.78, 5) is 17.1. The first-order valence-electron chi connectivity index (χ1n) is 11.2. The van der Waals surface area contributed by atoms with Gasteiger partial charge in [-0.15, -0.1) is 24.8 Å². The Hall–Kier alpha value is -2.70. The first-order chi connectivity index (χ1) is 16.2. The molecule has 1 saturated heterocycles. The first kappa shape index (κ1) is 26.9. The third-order valence-corrected chi connectivity index (χ3v) is 7.17. The molecule has 0 saturated carbocycles. The van der Waals surface area contributed by atoms with Gasteiger partial charge in [0.05, 0.1) is 34.4 Å². The Morgan fingerprint density at radius 1 is 1.20 bits per heavy atom. The quantitative estimate of drug-likeness (QED) is 0.426. The van der Waals surface area contributed by atoms with Crippen LogP contribution in [0.1, 0.15) is 30.5 Å². The fraction of sp³-hybridized carbons (Fsp3) is 0.320. The molecule has 0 unspecified atom stereocenters. The number of carbonyl (C=O) groups is 1. The van der Waals surface area contributed by atoms with Crippen LogP contribution in [-0.2, 0) is 4.79 Å². The Kier molecular flexibility index (Phi) is 9.47. The predicted molar refractivity (Wildman–Crippen MR) is 143 cm³/mol. The summed E-state index contributed by atoms with van der Waals surface area (Å²) in [5, 5.41) is 20.6. The van der Waals surface area contributed by atoms with Gasteiger partial charge in [0.15, 0.2) is 0 Å². The van der Waals surface area contributed by atoms with Gasteiger partial charge in [0.25, 0.3) is 5.91 Å². The number of nitrogens with one attached hydrogen (secondary N) is 2. The van der Waals surface area contributed by atoms with Crippen LogP contribution in [0.3, 0.4) is 0 Å². The molecule has 0 bridgehead atoms. The molecule has 0 radical (unpaired) electrons. The summed E-state index contributed by atoms with van der Waals surface area (Å²) >= 11 is 1.51. The van der Waals surface area contributed by atoms with E-state index in [9.17, 15) is 4.79 Å². The average Bonchev–Trinajstić information content (AvgIpc) is 3.28. The molecule has 1 fully saturated rings. The fourth-order valence-electron chi connectivity index (χ4n) is 4.30. The number of thioether (sulfide) groups is 1. The van der Waals surface area contributed by atoms with Crippen molar-refractivity contribution in [3.63, 3.8) is 0 Å². The van der Waals surface area contributed by atoms with E-state index in [1.54, 1.807) is 12.1 Å². The molecule has 2 N–H and O–H groups in total. The van der Waals surface area contributed by atoms with Gasteiger partial charge in [0.1, 0.15) is 5.75 Å². The number of rotatable bonds is 7. The van der Waals surface area contributed by atoms with Crippen molar-refractivity contribution in [1.82, 2.24) is 20.4 Å². The standard InChI is InChI=1S/C25H25N5O2S.2ClH/c26-16-17-5-7-19(8-6-17)32-14-2-11-30-12-9-18(10-13-30)27-25(31)23-15-21-24-20(28-29-21)3-1-4-22(24)33-23;;/h1,3-8,15,18H,2,9-14H2,(H,27,31)(H,28,29);2*1H. The van der Waals surface area contributed by atoms with Crippen LogP contribution >= 0.6 is 36.6 Å². The minimum atomic E-state index is -0.0140. The van der Waals surface area contributed by atoms with Gasteiger partial charge in [-0.1, -0.05) is 17.8 Å². The summed E-state index contributed by atoms with van der Waals surface area (Å²) in [6.45, 7) is 3.56. The molecule has 2 aromatic carbocycles. The fourth-order valence-corrected chi connectivity index (χ4v) is 5.32. The van der Waals surface area contributed by atoms with Gasteiger partial charge < -0.3 is 15.0 Å². The summed E-state index contributed by atoms with van der Waals surface area (Å²) in [7, 11) is 0. The van der Waals surface area contributed by atoms with E-state index >= 15 is 0 Å². The van der Waals surface area contributed by atoms with E-state index in [-0.39, 0.29) is 36.8 Å². The monoisotopic (exact) mass is 531 g/mol. The highest BCUT2D eigenvalue weighted by Crippen LogP contribution is 2.39. The lowest BCUT2D eigenvalue weighted by atomic mass is 10.0. The van der Waals surface area contributed by atoms with Crippen molar-refractivity contribution in [2.75, 3.05) is 26.2 Å². The van der Waals surface area contributed by atoms with Crippen molar-refractivity contribution in [3.8, 4) is 11.8 Å². The number of ether oxygens (including phenoxy) is 1. The van der Waals surface area contributed by atoms with Gasteiger partial charge >= 0.3 is 0 Å². The maximum Gasteiger partial charge on any atom is 0.258 e. The number of H-pyrrole nitrogens is 1. The minimum Gasteiger partial charge on any atom is -0.494 e. The topological polar surface area (TPSA) is 94.0 Å². The number of nitrogens with zero attached hydrogens (tertiary/aromatic N) is 3. The molecule has 0 spiro atoms. The van der Waals surface area contributed by atoms with Crippen molar-refractivity contribution in [2.45, 2.75) is 30.2 Å². The maximum absolute atomic E-state index is 12.9. The second-order valence-electron chi connectivity index (χ2n) is 8.33. The molecule has 5 rings (SSSR count). The van der Waals surface area contributed by atoms with Crippen LogP contribution in [0.25, 0.3) is 17.0 Å². The zero-order valence-electron chi connectivity index (χ0n) is 19.0. The third kappa shape index (κ3) is 6.30. The van der Waals surface area contributed by atoms with Gasteiger partial charge in [-0.3, -0.25) is 9.89 Å². The molecule has 184 valence electrons. The van der Waals surface area contributed by atoms with E-state index in [1.165, 1.54) is 11.8 Å². The van der Waals surface area contributed by atoms with Gasteiger partial charge in [0, 0.05) is 36.0 Å². The number of aromatic nitrogens is 2. The largest absolute Gasteiger partial charge is 0.494 e. The second-order valence-corrected chi connectivity index (χ2v) is 9.41. The molecular weight excluding hydrogens is 505 g/mol. The second kappa shape index (κ2) is 12.3. The number of carbonyl (C=O) groups excluding carboxylic acids is 1. The van der Waals surface area contributed by atoms with Crippen LogP contribution in [0.15, 0.2) is 52.3 Å². The van der Waals surface area contributed by atoms with Crippen LogP contribution in [0, 0.1) is 11.3 Å². The molecule has 10 heteroatoms. The number of amides is 1. The van der Waals surface area contributed by atoms with Crippen molar-refractivity contribution in [1.29, 1.82) is 5.26 Å². The summed E-state index contributed by atoms with van der Waals surface area (Å²) in [6, 6.07) is 15.5. The molecule has 0 aliphatic carbocycles. The average molecular weight is 532 g/mol. The van der Waals surface area contributed by atoms with E-state index in [0.29, 0.717) is 17.1 Å². The molecule has 1 amide bonds. The molecule has 7 nitrogen and oxygen atoms in total. The van der Waals surface area contributed by atoms with E-state index < -0.39 is 0 Å². The number of nitriles is 1. The Bertz CT molecular complexity index is 1230. The van der Waals surface area contributed by atoms with Crippen LogP contribution in [0.5, 0.6) is 5.75 Å². The van der Waals surface area contributed by atoms with E-state index in [1.807, 2.05) is 36.4 Å². The summed E-state index contributed by atoms with van der Waals surface area (Å²) in [6.07, 6.45) is 4.72. The highest BCUT2D eigenvalue weighted by Gasteiger charge is 2.25. The lowest BCUT2D eigenvalue weighted by Crippen LogP contribution is -2.45. The number of halogens is 2. The van der Waals surface area contributed by atoms with Crippen LogP contribution in [-0.4, -0.2) is 53.3 Å². The van der Waals surface area contributed by atoms with Crippen molar-refractivity contribution in [3.05, 3.63) is 58.6 Å². The number of aromatic amines is 1. The SMILES string of the molecule is Cl.Cl.N#Cc1ccc(OCCCN2CCC(NC(=O)C3=Cc4n[nH]c5cccc(c45)S3)CC2)cc1. The van der Waals surface area contributed by atoms with Gasteiger partial charge in [0.2, 0.25) is 0 Å². The zero-order chi connectivity index (χ0) is 22.6. The van der Waals surface area contributed by atoms with Crippen molar-refractivity contribution < 1.29 is 9.53 Å². The van der Waals surface area contributed by atoms with E-state index in [2.05, 4.69) is 26.5 Å². The zero-order valence-corrected chi connectivity index (χ0v) is 21.5. The highest BCUT2D eigenvalue weighted by atomic mass is 35.5. The molecule has 3 aromatic rings. The van der Waals surface area contributed by atoms with E-state index in [0.717, 1.165) is 66.1 Å². The maximum atomic E-state index is 12.9. The number of likely N-dealkylation sites (tertiary alicyclic amines) is 1. The van der Waals surface area contributed by atoms with Crippen molar-refractivity contribution in [2.24, 2.45) is 0 Å². The Morgan fingerprint density at radius 3 is 2.71 bits per heavy atom. The van der Waals surface area contributed by atoms with Crippen LogP contribution < -0.4 is 10.1 Å². The molecule has 3 heterocycles. The Balaban J connectivity index is 0.00000171. The normalized spacial score (nSPS) is 15.3. The Morgan fingerprint density at radius 2 is 1.97 bits per heavy atom. The number of piperidine rings is 1. The molecule has 0 atom stereocenters. The number of hydrogen-bond acceptors (Lipinski definition) is 6. The summed E-state index contributed by atoms with van der Waals surface area (Å²) < 4.78 is 5.77. The van der Waals surface area contributed by atoms with Crippen LogP contribution in [0.4, 0.5) is 0 Å². The van der Waals surface area contributed by atoms with Crippen LogP contribution in [0.2, 0.25) is 0 Å². The predicted octanol–water partition coefficient (Wildman–Crippen LogP) is 4.77. The molecule has 1 aromatic heterocycles. The number of hydrogen-bond donors (Lipinski definition) is 2. The third-order valence-electron chi connectivity index (χ3n) is 6.08. The van der Waals surface area contributed by atoms with Crippen molar-refractivity contribution >= 4 is 59.5 Å². The van der Waals surface area contributed by atoms with Gasteiger partial charge in [-0.05, 0) is 61.7 Å². The first-order valence-corrected chi connectivity index (χ1v) is 12.0. The molecular formula is C25H27Cl2N5O2S. The lowest BCUT2D eigenvalue weighted by Gasteiger charge is -2.32. The van der Waals surface area contributed by atoms with Gasteiger partial charge in [-0.25, -0.2) is 0 Å². The highest BCUT2D eigenvalue weighted by molar-refractivity contribution is 8.04. The summed E-state index contributed by atoms with van der Waals surface area (Å²) in [5.74, 6) is 0.781. The summed E-state index contributed by atoms with van der Waals surface area (Å²) in [5.41, 5.74) is 2.47. The lowest BCUT2D eigenvalue weighted by molar-refractivity contribution is -0.117. The molecule has 35 heavy (non-hydrogen) atoms. The molecule has 2 aliphatic heterocycles. The smallest absolute Gasteiger partial charge is 0.258 e. The number of benzene rings is 2. The Labute approximate surface area is 221 Å². The minimum absolute atomic E-state index is 0.